The van der Waals surface area contributed by atoms with Gasteiger partial charge in [0, 0.05) is 36.4 Å². The molecule has 0 atom stereocenters. The third-order valence-electron chi connectivity index (χ3n) is 5.21. The third-order valence-corrected chi connectivity index (χ3v) is 5.72. The number of halogens is 2. The number of aromatic nitrogens is 2. The number of amides is 1. The van der Waals surface area contributed by atoms with E-state index in [-0.39, 0.29) is 11.1 Å². The number of nitrogens with one attached hydrogen (secondary N) is 1. The van der Waals surface area contributed by atoms with E-state index in [9.17, 15) is 4.79 Å². The van der Waals surface area contributed by atoms with Crippen molar-refractivity contribution in [3.05, 3.63) is 63.5 Å². The lowest BCUT2D eigenvalue weighted by Crippen LogP contribution is -2.38. The Morgan fingerprint density at radius 3 is 2.81 bits per heavy atom. The smallest absolute Gasteiger partial charge is 0.257 e. The summed E-state index contributed by atoms with van der Waals surface area (Å²) in [6.07, 6.45) is 5.43. The van der Waals surface area contributed by atoms with Crippen LogP contribution >= 0.6 is 23.2 Å². The fourth-order valence-corrected chi connectivity index (χ4v) is 4.14. The zero-order chi connectivity index (χ0) is 18.3. The van der Waals surface area contributed by atoms with Crippen molar-refractivity contribution in [1.29, 1.82) is 0 Å². The van der Waals surface area contributed by atoms with Gasteiger partial charge in [0.1, 0.15) is 5.15 Å². The van der Waals surface area contributed by atoms with Gasteiger partial charge in [-0.15, -0.1) is 0 Å². The number of hydrogen-bond acceptors (Lipinski definition) is 2. The number of fused-ring (bicyclic) bond motifs is 1. The minimum atomic E-state index is -0.0989. The molecule has 0 radical (unpaired) electrons. The number of likely N-dealkylation sites (tertiary alicyclic amines) is 1. The lowest BCUT2D eigenvalue weighted by Gasteiger charge is -2.32. The van der Waals surface area contributed by atoms with E-state index in [1.165, 1.54) is 28.2 Å². The Balaban J connectivity index is 1.51. The summed E-state index contributed by atoms with van der Waals surface area (Å²) in [6, 6.07) is 7.98. The van der Waals surface area contributed by atoms with Crippen LogP contribution in [0.1, 0.15) is 40.2 Å². The highest BCUT2D eigenvalue weighted by molar-refractivity contribution is 6.34. The highest BCUT2D eigenvalue weighted by Crippen LogP contribution is 2.34. The van der Waals surface area contributed by atoms with Crippen LogP contribution in [0.2, 0.25) is 10.2 Å². The summed E-state index contributed by atoms with van der Waals surface area (Å²) in [7, 11) is 0. The Morgan fingerprint density at radius 2 is 2.04 bits per heavy atom. The highest BCUT2D eigenvalue weighted by atomic mass is 35.5. The van der Waals surface area contributed by atoms with Crippen LogP contribution < -0.4 is 0 Å². The number of H-pyrrole nitrogens is 1. The maximum Gasteiger partial charge on any atom is 0.257 e. The van der Waals surface area contributed by atoms with Crippen LogP contribution in [0.4, 0.5) is 0 Å². The van der Waals surface area contributed by atoms with Crippen molar-refractivity contribution in [3.63, 3.8) is 0 Å². The first-order valence-corrected chi connectivity index (χ1v) is 9.47. The molecule has 6 heteroatoms. The molecule has 4 rings (SSSR count). The number of aromatic amines is 1. The van der Waals surface area contributed by atoms with Gasteiger partial charge in [-0.25, -0.2) is 4.98 Å². The summed E-state index contributed by atoms with van der Waals surface area (Å²) < 4.78 is 0. The minimum absolute atomic E-state index is 0.0989. The lowest BCUT2D eigenvalue weighted by molar-refractivity contribution is 0.0713. The molecule has 0 spiro atoms. The predicted molar refractivity (Wildman–Crippen MR) is 105 cm³/mol. The molecule has 0 aliphatic carbocycles. The highest BCUT2D eigenvalue weighted by Gasteiger charge is 2.27. The van der Waals surface area contributed by atoms with E-state index in [1.807, 2.05) is 4.90 Å². The molecule has 1 amide bonds. The molecule has 1 N–H and O–H groups in total. The topological polar surface area (TPSA) is 49.0 Å². The van der Waals surface area contributed by atoms with E-state index in [0.717, 1.165) is 12.8 Å². The van der Waals surface area contributed by atoms with Crippen LogP contribution in [-0.2, 0) is 0 Å². The van der Waals surface area contributed by atoms with E-state index >= 15 is 0 Å². The molecule has 0 unspecified atom stereocenters. The van der Waals surface area contributed by atoms with Gasteiger partial charge >= 0.3 is 0 Å². The van der Waals surface area contributed by atoms with Crippen molar-refractivity contribution in [1.82, 2.24) is 14.9 Å². The molecule has 134 valence electrons. The molecule has 0 saturated carbocycles. The fourth-order valence-electron chi connectivity index (χ4n) is 3.80. The van der Waals surface area contributed by atoms with Gasteiger partial charge in [0.15, 0.2) is 0 Å². The monoisotopic (exact) mass is 387 g/mol. The number of hydrogen-bond donors (Lipinski definition) is 1. The molecule has 4 nitrogen and oxygen atoms in total. The summed E-state index contributed by atoms with van der Waals surface area (Å²) in [4.78, 5) is 22.0. The second-order valence-corrected chi connectivity index (χ2v) is 7.59. The van der Waals surface area contributed by atoms with Gasteiger partial charge in [-0.2, -0.15) is 0 Å². The summed E-state index contributed by atoms with van der Waals surface area (Å²) in [6.45, 7) is 3.52. The van der Waals surface area contributed by atoms with Gasteiger partial charge in [0.2, 0.25) is 0 Å². The van der Waals surface area contributed by atoms with Crippen LogP contribution in [0.15, 0.2) is 36.7 Å². The average molecular weight is 388 g/mol. The predicted octanol–water partition coefficient (Wildman–Crippen LogP) is 5.20. The molecule has 1 aliphatic rings. The summed E-state index contributed by atoms with van der Waals surface area (Å²) in [5.41, 5.74) is 4.18. The van der Waals surface area contributed by atoms with Gasteiger partial charge in [0.25, 0.3) is 5.91 Å². The van der Waals surface area contributed by atoms with Gasteiger partial charge in [-0.05, 0) is 42.9 Å². The maximum atomic E-state index is 12.8. The van der Waals surface area contributed by atoms with Crippen LogP contribution in [0, 0.1) is 6.92 Å². The number of aryl methyl sites for hydroxylation is 1. The van der Waals surface area contributed by atoms with Gasteiger partial charge in [-0.3, -0.25) is 4.79 Å². The normalized spacial score (nSPS) is 15.6. The standard InChI is InChI=1S/C20H19Cl2N3O/c1-12-3-2-4-15-17(11-23-18(12)15)13-5-7-25(8-6-13)20(26)16-9-14(21)10-24-19(16)22/h2-4,9-11,13,23H,5-8H2,1H3. The van der Waals surface area contributed by atoms with Crippen LogP contribution in [0.5, 0.6) is 0 Å². The molecule has 26 heavy (non-hydrogen) atoms. The SMILES string of the molecule is Cc1cccc2c(C3CCN(C(=O)c4cc(Cl)cnc4Cl)CC3)c[nH]c12. The first kappa shape index (κ1) is 17.4. The second kappa shape index (κ2) is 6.93. The van der Waals surface area contributed by atoms with E-state index in [1.54, 1.807) is 6.07 Å². The Kier molecular flexibility index (Phi) is 4.63. The summed E-state index contributed by atoms with van der Waals surface area (Å²) >= 11 is 12.0. The number of carbonyl (C=O) groups excluding carboxylic acids is 1. The van der Waals surface area contributed by atoms with Gasteiger partial charge in [-0.1, -0.05) is 41.4 Å². The molecule has 2 aromatic heterocycles. The minimum Gasteiger partial charge on any atom is -0.361 e. The fraction of sp³-hybridized carbons (Fsp3) is 0.300. The van der Waals surface area contributed by atoms with Crippen molar-refractivity contribution in [2.24, 2.45) is 0 Å². The van der Waals surface area contributed by atoms with E-state index < -0.39 is 0 Å². The zero-order valence-corrected chi connectivity index (χ0v) is 15.9. The van der Waals surface area contributed by atoms with Crippen molar-refractivity contribution in [2.45, 2.75) is 25.7 Å². The molecule has 0 bridgehead atoms. The molecule has 1 saturated heterocycles. The lowest BCUT2D eigenvalue weighted by atomic mass is 9.88. The Bertz CT molecular complexity index is 974. The summed E-state index contributed by atoms with van der Waals surface area (Å²) in [5, 5.41) is 1.91. The van der Waals surface area contributed by atoms with E-state index in [4.69, 9.17) is 23.2 Å². The zero-order valence-electron chi connectivity index (χ0n) is 14.4. The van der Waals surface area contributed by atoms with Crippen LogP contribution in [-0.4, -0.2) is 33.9 Å². The number of carbonyl (C=O) groups is 1. The number of benzene rings is 1. The van der Waals surface area contributed by atoms with Crippen molar-refractivity contribution in [2.75, 3.05) is 13.1 Å². The molecule has 1 fully saturated rings. The number of para-hydroxylation sites is 1. The molecule has 1 aromatic carbocycles. The molecular weight excluding hydrogens is 369 g/mol. The number of pyridine rings is 1. The maximum absolute atomic E-state index is 12.8. The van der Waals surface area contributed by atoms with Crippen molar-refractivity contribution in [3.8, 4) is 0 Å². The molecule has 1 aliphatic heterocycles. The molecular formula is C20H19Cl2N3O. The number of piperidine rings is 1. The molecule has 3 aromatic rings. The first-order valence-electron chi connectivity index (χ1n) is 8.71. The van der Waals surface area contributed by atoms with E-state index in [2.05, 4.69) is 41.3 Å². The molecule has 3 heterocycles. The van der Waals surface area contributed by atoms with Crippen molar-refractivity contribution >= 4 is 40.0 Å². The van der Waals surface area contributed by atoms with Crippen LogP contribution in [0.25, 0.3) is 10.9 Å². The van der Waals surface area contributed by atoms with Gasteiger partial charge < -0.3 is 9.88 Å². The van der Waals surface area contributed by atoms with Crippen LogP contribution in [0.3, 0.4) is 0 Å². The summed E-state index contributed by atoms with van der Waals surface area (Å²) in [5.74, 6) is 0.348. The third kappa shape index (κ3) is 3.08. The van der Waals surface area contributed by atoms with E-state index in [0.29, 0.717) is 29.6 Å². The largest absolute Gasteiger partial charge is 0.361 e. The first-order chi connectivity index (χ1) is 12.5. The average Bonchev–Trinajstić information content (AvgIpc) is 3.09. The Labute approximate surface area is 162 Å². The number of rotatable bonds is 2. The Morgan fingerprint density at radius 1 is 1.27 bits per heavy atom. The quantitative estimate of drug-likeness (QED) is 0.614. The second-order valence-electron chi connectivity index (χ2n) is 6.80. The van der Waals surface area contributed by atoms with Gasteiger partial charge in [0.05, 0.1) is 10.6 Å². The number of nitrogens with zero attached hydrogens (tertiary/aromatic N) is 2. The Hall–Kier alpha value is -2.04. The van der Waals surface area contributed by atoms with Crippen molar-refractivity contribution < 1.29 is 4.79 Å².